The number of carbonyl (C=O) groups is 2. The molecule has 0 unspecified atom stereocenters. The summed E-state index contributed by atoms with van der Waals surface area (Å²) in [6.45, 7) is 7.76. The second kappa shape index (κ2) is 9.72. The van der Waals surface area contributed by atoms with Gasteiger partial charge in [-0.2, -0.15) is 0 Å². The van der Waals surface area contributed by atoms with Crippen LogP contribution < -0.4 is 16.4 Å². The maximum Gasteiger partial charge on any atom is 0.242 e. The molecule has 0 aliphatic heterocycles. The minimum atomic E-state index is -0.604. The first-order valence-electron chi connectivity index (χ1n) is 7.20. The molecule has 5 N–H and O–H groups in total. The summed E-state index contributed by atoms with van der Waals surface area (Å²) in [5, 5.41) is 14.7. The van der Waals surface area contributed by atoms with Gasteiger partial charge in [0.1, 0.15) is 6.04 Å². The molecule has 0 rings (SSSR count). The van der Waals surface area contributed by atoms with E-state index >= 15 is 0 Å². The lowest BCUT2D eigenvalue weighted by Crippen LogP contribution is -2.52. The predicted molar refractivity (Wildman–Crippen MR) is 78.9 cm³/mol. The average molecular weight is 287 g/mol. The zero-order valence-corrected chi connectivity index (χ0v) is 13.0. The van der Waals surface area contributed by atoms with Gasteiger partial charge in [-0.05, 0) is 24.7 Å². The van der Waals surface area contributed by atoms with Crippen LogP contribution in [0.2, 0.25) is 0 Å². The molecule has 0 bridgehead atoms. The van der Waals surface area contributed by atoms with Gasteiger partial charge in [-0.1, -0.05) is 27.7 Å². The van der Waals surface area contributed by atoms with E-state index in [-0.39, 0.29) is 36.9 Å². The van der Waals surface area contributed by atoms with E-state index in [1.807, 2.05) is 27.7 Å². The highest BCUT2D eigenvalue weighted by Crippen LogP contribution is 2.08. The molecule has 0 spiro atoms. The summed E-state index contributed by atoms with van der Waals surface area (Å²) in [6, 6.07) is -0.890. The molecule has 0 heterocycles. The fraction of sp³-hybridized carbons (Fsp3) is 0.857. The number of carbonyl (C=O) groups excluding carboxylic acids is 2. The van der Waals surface area contributed by atoms with Crippen molar-refractivity contribution in [1.82, 2.24) is 10.6 Å². The Labute approximate surface area is 121 Å². The quantitative estimate of drug-likeness (QED) is 0.479. The number of aliphatic hydroxyl groups excluding tert-OH is 1. The summed E-state index contributed by atoms with van der Waals surface area (Å²) < 4.78 is 0. The second-order valence-electron chi connectivity index (χ2n) is 5.97. The van der Waals surface area contributed by atoms with Crippen molar-refractivity contribution in [2.45, 2.75) is 52.6 Å². The maximum atomic E-state index is 12.2. The van der Waals surface area contributed by atoms with Gasteiger partial charge < -0.3 is 21.5 Å². The normalized spacial score (nSPS) is 14.2. The van der Waals surface area contributed by atoms with Crippen molar-refractivity contribution in [3.63, 3.8) is 0 Å². The Hall–Kier alpha value is -1.14. The zero-order valence-electron chi connectivity index (χ0n) is 13.0. The number of rotatable bonds is 9. The summed E-state index contributed by atoms with van der Waals surface area (Å²) in [5.74, 6) is 0.0199. The fourth-order valence-corrected chi connectivity index (χ4v) is 2.01. The van der Waals surface area contributed by atoms with Gasteiger partial charge in [0.2, 0.25) is 11.8 Å². The third kappa shape index (κ3) is 8.12. The summed E-state index contributed by atoms with van der Waals surface area (Å²) in [6.07, 6.45) is 1.23. The number of aliphatic hydroxyl groups is 1. The first-order chi connectivity index (χ1) is 9.29. The Morgan fingerprint density at radius 2 is 1.60 bits per heavy atom. The monoisotopic (exact) mass is 287 g/mol. The second-order valence-corrected chi connectivity index (χ2v) is 5.97. The lowest BCUT2D eigenvalue weighted by Gasteiger charge is -2.24. The highest BCUT2D eigenvalue weighted by molar-refractivity contribution is 5.88. The Morgan fingerprint density at radius 3 is 2.00 bits per heavy atom. The Bertz CT molecular complexity index is 306. The van der Waals surface area contributed by atoms with E-state index in [0.717, 1.165) is 0 Å². The van der Waals surface area contributed by atoms with Crippen molar-refractivity contribution in [3.8, 4) is 0 Å². The minimum Gasteiger partial charge on any atom is -0.394 e. The highest BCUT2D eigenvalue weighted by atomic mass is 16.3. The average Bonchev–Trinajstić information content (AvgIpc) is 2.35. The third-order valence-electron chi connectivity index (χ3n) is 2.87. The molecular formula is C14H29N3O3. The topological polar surface area (TPSA) is 104 Å². The molecule has 0 fully saturated rings. The Kier molecular flexibility index (Phi) is 9.16. The van der Waals surface area contributed by atoms with E-state index in [1.165, 1.54) is 0 Å². The van der Waals surface area contributed by atoms with Crippen LogP contribution in [-0.2, 0) is 9.59 Å². The molecule has 2 atom stereocenters. The standard InChI is InChI=1S/C14H29N3O3/c1-9(2)5-11(8-18)16-14(20)12(6-10(3)4)17-13(19)7-15/h9-12,18H,5-8,15H2,1-4H3,(H,16,20)(H,17,19)/t11-,12-/m0/s1. The Morgan fingerprint density at radius 1 is 1.05 bits per heavy atom. The SMILES string of the molecule is CC(C)C[C@@H](CO)NC(=O)[C@H](CC(C)C)NC(=O)CN. The minimum absolute atomic E-state index is 0.108. The summed E-state index contributed by atoms with van der Waals surface area (Å²) in [5.41, 5.74) is 5.26. The maximum absolute atomic E-state index is 12.2. The van der Waals surface area contributed by atoms with Gasteiger partial charge >= 0.3 is 0 Å². The van der Waals surface area contributed by atoms with Gasteiger partial charge in [0, 0.05) is 0 Å². The van der Waals surface area contributed by atoms with Crippen molar-refractivity contribution >= 4 is 11.8 Å². The lowest BCUT2D eigenvalue weighted by molar-refractivity contribution is -0.129. The van der Waals surface area contributed by atoms with E-state index in [4.69, 9.17) is 5.73 Å². The number of hydrogen-bond donors (Lipinski definition) is 4. The summed E-state index contributed by atoms with van der Waals surface area (Å²) in [7, 11) is 0. The molecule has 2 amide bonds. The van der Waals surface area contributed by atoms with Crippen LogP contribution in [0.15, 0.2) is 0 Å². The molecule has 118 valence electrons. The smallest absolute Gasteiger partial charge is 0.242 e. The lowest BCUT2D eigenvalue weighted by atomic mass is 10.0. The number of amides is 2. The molecule has 0 aromatic rings. The number of nitrogens with two attached hydrogens (primary N) is 1. The van der Waals surface area contributed by atoms with Gasteiger partial charge in [0.25, 0.3) is 0 Å². The van der Waals surface area contributed by atoms with Crippen LogP contribution in [0.25, 0.3) is 0 Å². The van der Waals surface area contributed by atoms with Crippen LogP contribution in [0.5, 0.6) is 0 Å². The molecule has 0 radical (unpaired) electrons. The van der Waals surface area contributed by atoms with Crippen molar-refractivity contribution in [3.05, 3.63) is 0 Å². The summed E-state index contributed by atoms with van der Waals surface area (Å²) in [4.78, 5) is 23.6. The van der Waals surface area contributed by atoms with Gasteiger partial charge in [-0.15, -0.1) is 0 Å². The third-order valence-corrected chi connectivity index (χ3v) is 2.87. The molecule has 20 heavy (non-hydrogen) atoms. The van der Waals surface area contributed by atoms with E-state index in [2.05, 4.69) is 10.6 Å². The van der Waals surface area contributed by atoms with E-state index in [1.54, 1.807) is 0 Å². The highest BCUT2D eigenvalue weighted by Gasteiger charge is 2.23. The van der Waals surface area contributed by atoms with Crippen LogP contribution in [0.1, 0.15) is 40.5 Å². The van der Waals surface area contributed by atoms with Gasteiger partial charge in [-0.3, -0.25) is 9.59 Å². The van der Waals surface area contributed by atoms with Gasteiger partial charge in [0.05, 0.1) is 19.2 Å². The summed E-state index contributed by atoms with van der Waals surface area (Å²) >= 11 is 0. The van der Waals surface area contributed by atoms with E-state index in [9.17, 15) is 14.7 Å². The first kappa shape index (κ1) is 18.9. The van der Waals surface area contributed by atoms with Crippen LogP contribution in [0.3, 0.4) is 0 Å². The molecule has 0 saturated carbocycles. The van der Waals surface area contributed by atoms with Crippen molar-refractivity contribution in [2.24, 2.45) is 17.6 Å². The zero-order chi connectivity index (χ0) is 15.7. The molecule has 0 aliphatic rings. The molecular weight excluding hydrogens is 258 g/mol. The molecule has 0 aromatic heterocycles. The van der Waals surface area contributed by atoms with Crippen molar-refractivity contribution in [1.29, 1.82) is 0 Å². The van der Waals surface area contributed by atoms with Crippen LogP contribution in [-0.4, -0.2) is 42.2 Å². The Balaban J connectivity index is 4.62. The van der Waals surface area contributed by atoms with E-state index in [0.29, 0.717) is 18.8 Å². The largest absolute Gasteiger partial charge is 0.394 e. The van der Waals surface area contributed by atoms with Crippen molar-refractivity contribution in [2.75, 3.05) is 13.2 Å². The van der Waals surface area contributed by atoms with Crippen LogP contribution in [0, 0.1) is 11.8 Å². The molecule has 0 aliphatic carbocycles. The number of nitrogens with one attached hydrogen (secondary N) is 2. The van der Waals surface area contributed by atoms with Crippen molar-refractivity contribution < 1.29 is 14.7 Å². The fourth-order valence-electron chi connectivity index (χ4n) is 2.01. The molecule has 6 heteroatoms. The number of hydrogen-bond acceptors (Lipinski definition) is 4. The predicted octanol–water partition coefficient (Wildman–Crippen LogP) is -0.000800. The molecule has 0 aromatic carbocycles. The molecule has 6 nitrogen and oxygen atoms in total. The molecule has 0 saturated heterocycles. The van der Waals surface area contributed by atoms with Gasteiger partial charge in [0.15, 0.2) is 0 Å². The van der Waals surface area contributed by atoms with E-state index < -0.39 is 6.04 Å². The van der Waals surface area contributed by atoms with Crippen LogP contribution >= 0.6 is 0 Å². The van der Waals surface area contributed by atoms with Gasteiger partial charge in [-0.25, -0.2) is 0 Å². The first-order valence-corrected chi connectivity index (χ1v) is 7.20. The van der Waals surface area contributed by atoms with Crippen LogP contribution in [0.4, 0.5) is 0 Å².